The van der Waals surface area contributed by atoms with E-state index in [1.807, 2.05) is 0 Å². The van der Waals surface area contributed by atoms with Crippen LogP contribution in [0.3, 0.4) is 0 Å². The van der Waals surface area contributed by atoms with E-state index in [4.69, 9.17) is 0 Å². The van der Waals surface area contributed by atoms with Crippen LogP contribution in [0.1, 0.15) is 77.0 Å². The van der Waals surface area contributed by atoms with E-state index in [2.05, 4.69) is 11.9 Å². The zero-order chi connectivity index (χ0) is 13.1. The van der Waals surface area contributed by atoms with E-state index in [1.54, 1.807) is 38.5 Å². The van der Waals surface area contributed by atoms with Gasteiger partial charge in [0.2, 0.25) is 0 Å². The predicted molar refractivity (Wildman–Crippen MR) is 82.3 cm³/mol. The Morgan fingerprint density at radius 3 is 1.58 bits per heavy atom. The molecule has 0 radical (unpaired) electrons. The minimum absolute atomic E-state index is 0.973. The van der Waals surface area contributed by atoms with Gasteiger partial charge < -0.3 is 4.90 Å². The van der Waals surface area contributed by atoms with Gasteiger partial charge in [-0.3, -0.25) is 0 Å². The molecule has 0 saturated heterocycles. The van der Waals surface area contributed by atoms with Crippen molar-refractivity contribution in [2.75, 3.05) is 13.6 Å². The molecule has 110 valence electrons. The Morgan fingerprint density at radius 2 is 1.21 bits per heavy atom. The molecule has 0 N–H and O–H groups in total. The Morgan fingerprint density at radius 1 is 0.684 bits per heavy atom. The van der Waals surface area contributed by atoms with E-state index in [0.717, 1.165) is 17.9 Å². The topological polar surface area (TPSA) is 3.24 Å². The molecule has 0 aromatic heterocycles. The van der Waals surface area contributed by atoms with Crippen molar-refractivity contribution in [1.29, 1.82) is 0 Å². The number of rotatable bonds is 6. The first-order chi connectivity index (χ1) is 9.31. The highest BCUT2D eigenvalue weighted by Gasteiger charge is 2.29. The summed E-state index contributed by atoms with van der Waals surface area (Å²) >= 11 is 0. The van der Waals surface area contributed by atoms with Crippen molar-refractivity contribution >= 4 is 0 Å². The highest BCUT2D eigenvalue weighted by Crippen LogP contribution is 2.38. The van der Waals surface area contributed by atoms with Crippen LogP contribution in [0.15, 0.2) is 0 Å². The van der Waals surface area contributed by atoms with Gasteiger partial charge in [-0.05, 0) is 50.5 Å². The first-order valence-electron chi connectivity index (χ1n) is 9.01. The summed E-state index contributed by atoms with van der Waals surface area (Å²) in [6, 6.07) is 0.973. The van der Waals surface area contributed by atoms with Gasteiger partial charge >= 0.3 is 0 Å². The van der Waals surface area contributed by atoms with E-state index in [9.17, 15) is 0 Å². The summed E-state index contributed by atoms with van der Waals surface area (Å²) < 4.78 is 0. The molecule has 19 heavy (non-hydrogen) atoms. The molecule has 0 bridgehead atoms. The molecule has 1 heteroatoms. The van der Waals surface area contributed by atoms with Crippen molar-refractivity contribution < 1.29 is 0 Å². The molecule has 1 nitrogen and oxygen atoms in total. The van der Waals surface area contributed by atoms with E-state index in [1.165, 1.54) is 51.0 Å². The molecule has 0 unspecified atom stereocenters. The largest absolute Gasteiger partial charge is 0.303 e. The number of hydrogen-bond donors (Lipinski definition) is 0. The summed E-state index contributed by atoms with van der Waals surface area (Å²) in [5.74, 6) is 3.39. The van der Waals surface area contributed by atoms with E-state index in [0.29, 0.717) is 0 Å². The monoisotopic (exact) mass is 263 g/mol. The van der Waals surface area contributed by atoms with Crippen LogP contribution in [-0.2, 0) is 0 Å². The normalized spacial score (nSPS) is 27.5. The average molecular weight is 263 g/mol. The molecule has 0 heterocycles. The molecule has 0 spiro atoms. The van der Waals surface area contributed by atoms with Crippen LogP contribution < -0.4 is 0 Å². The van der Waals surface area contributed by atoms with Crippen LogP contribution in [0.4, 0.5) is 0 Å². The Hall–Kier alpha value is -0.0400. The quantitative estimate of drug-likeness (QED) is 0.661. The van der Waals surface area contributed by atoms with Crippen molar-refractivity contribution in [2.45, 2.75) is 83.1 Å². The molecule has 4 saturated carbocycles. The second-order valence-electron chi connectivity index (χ2n) is 7.79. The molecular formula is C18H33N. The minimum Gasteiger partial charge on any atom is -0.303 e. The third-order valence-corrected chi connectivity index (χ3v) is 5.85. The molecule has 4 aliphatic rings. The average Bonchev–Trinajstić information content (AvgIpc) is 3.12. The fraction of sp³-hybridized carbons (Fsp3) is 1.00. The van der Waals surface area contributed by atoms with Gasteiger partial charge in [-0.15, -0.1) is 0 Å². The van der Waals surface area contributed by atoms with Gasteiger partial charge in [0.1, 0.15) is 0 Å². The van der Waals surface area contributed by atoms with Crippen LogP contribution >= 0.6 is 0 Å². The number of hydrogen-bond acceptors (Lipinski definition) is 1. The van der Waals surface area contributed by atoms with Crippen LogP contribution in [0.5, 0.6) is 0 Å². The molecule has 4 fully saturated rings. The van der Waals surface area contributed by atoms with Crippen LogP contribution in [0.25, 0.3) is 0 Å². The highest BCUT2D eigenvalue weighted by molar-refractivity contribution is 4.84. The highest BCUT2D eigenvalue weighted by atomic mass is 15.2. The molecule has 4 aliphatic carbocycles. The minimum atomic E-state index is 0.973. The van der Waals surface area contributed by atoms with Gasteiger partial charge in [-0.1, -0.05) is 51.4 Å². The fourth-order valence-electron chi connectivity index (χ4n) is 3.41. The van der Waals surface area contributed by atoms with Crippen LogP contribution in [0, 0.1) is 17.8 Å². The molecule has 0 amide bonds. The molecule has 0 aliphatic heterocycles. The summed E-state index contributed by atoms with van der Waals surface area (Å²) in [5, 5.41) is 0. The number of nitrogens with zero attached hydrogens (tertiary/aromatic N) is 1. The second-order valence-corrected chi connectivity index (χ2v) is 7.79. The Bertz CT molecular complexity index is 259. The van der Waals surface area contributed by atoms with Gasteiger partial charge in [0.05, 0.1) is 0 Å². The second kappa shape index (κ2) is 6.61. The molecule has 0 atom stereocenters. The molecule has 4 rings (SSSR count). The lowest BCUT2D eigenvalue weighted by Crippen LogP contribution is -2.30. The van der Waals surface area contributed by atoms with Crippen molar-refractivity contribution in [3.8, 4) is 0 Å². The van der Waals surface area contributed by atoms with Crippen LogP contribution in [-0.4, -0.2) is 24.5 Å². The van der Waals surface area contributed by atoms with Gasteiger partial charge in [0.15, 0.2) is 0 Å². The van der Waals surface area contributed by atoms with Crippen molar-refractivity contribution in [1.82, 2.24) is 4.90 Å². The lowest BCUT2D eigenvalue weighted by Gasteiger charge is -2.30. The zero-order valence-corrected chi connectivity index (χ0v) is 12.9. The first-order valence-corrected chi connectivity index (χ1v) is 9.01. The van der Waals surface area contributed by atoms with E-state index < -0.39 is 0 Å². The zero-order valence-electron chi connectivity index (χ0n) is 12.9. The molecule has 0 aromatic carbocycles. The third-order valence-electron chi connectivity index (χ3n) is 5.85. The third kappa shape index (κ3) is 4.77. The summed E-state index contributed by atoms with van der Waals surface area (Å²) in [4.78, 5) is 2.56. The maximum absolute atomic E-state index is 2.56. The maximum Gasteiger partial charge on any atom is 0.00934 e. The summed E-state index contributed by atoms with van der Waals surface area (Å²) in [6.45, 7) is 1.38. The molecule has 0 aromatic rings. The van der Waals surface area contributed by atoms with E-state index in [-0.39, 0.29) is 0 Å². The SMILES string of the molecule is C1CC(CCC2CC2)C1.CN(CC1CCC1)C1CC1. The van der Waals surface area contributed by atoms with E-state index >= 15 is 0 Å². The first kappa shape index (κ1) is 13.9. The summed E-state index contributed by atoms with van der Waals surface area (Å²) in [5.41, 5.74) is 0. The fourth-order valence-corrected chi connectivity index (χ4v) is 3.41. The standard InChI is InChI=1S/C9H17N.C9H16/c1-10(9-5-6-9)7-8-3-2-4-8;1-2-8(3-1)4-5-9-6-7-9/h8-9H,2-7H2,1H3;8-9H,1-7H2. The van der Waals surface area contributed by atoms with Gasteiger partial charge in [0.25, 0.3) is 0 Å². The lowest BCUT2D eigenvalue weighted by molar-refractivity contribution is 0.199. The summed E-state index contributed by atoms with van der Waals surface area (Å²) in [7, 11) is 2.29. The van der Waals surface area contributed by atoms with Gasteiger partial charge in [0, 0.05) is 12.6 Å². The van der Waals surface area contributed by atoms with Crippen molar-refractivity contribution in [3.05, 3.63) is 0 Å². The predicted octanol–water partition coefficient (Wildman–Crippen LogP) is 4.86. The van der Waals surface area contributed by atoms with Gasteiger partial charge in [-0.2, -0.15) is 0 Å². The summed E-state index contributed by atoms with van der Waals surface area (Å²) in [6.07, 6.45) is 18.2. The Balaban J connectivity index is 0.000000117. The Labute approximate surface area is 120 Å². The maximum atomic E-state index is 2.56. The van der Waals surface area contributed by atoms with Crippen molar-refractivity contribution in [2.24, 2.45) is 17.8 Å². The lowest BCUT2D eigenvalue weighted by atomic mass is 9.82. The van der Waals surface area contributed by atoms with Crippen molar-refractivity contribution in [3.63, 3.8) is 0 Å². The van der Waals surface area contributed by atoms with Gasteiger partial charge in [-0.25, -0.2) is 0 Å². The smallest absolute Gasteiger partial charge is 0.00934 e. The molecular weight excluding hydrogens is 230 g/mol. The Kier molecular flexibility index (Phi) is 4.84. The van der Waals surface area contributed by atoms with Crippen LogP contribution in [0.2, 0.25) is 0 Å².